The van der Waals surface area contributed by atoms with E-state index in [4.69, 9.17) is 0 Å². The molecule has 1 heterocycles. The van der Waals surface area contributed by atoms with Crippen molar-refractivity contribution in [3.8, 4) is 0 Å². The van der Waals surface area contributed by atoms with Gasteiger partial charge in [-0.15, -0.1) is 0 Å². The fourth-order valence-electron chi connectivity index (χ4n) is 1.49. The van der Waals surface area contributed by atoms with Crippen LogP contribution in [0.1, 0.15) is 26.2 Å². The molecule has 0 aliphatic carbocycles. The number of piperidine rings is 1. The summed E-state index contributed by atoms with van der Waals surface area (Å²) in [4.78, 5) is 2.45. The van der Waals surface area contributed by atoms with Crippen molar-refractivity contribution < 1.29 is 0 Å². The molecule has 55 valence electrons. The third-order valence-corrected chi connectivity index (χ3v) is 2.23. The molecule has 0 saturated carbocycles. The summed E-state index contributed by atoms with van der Waals surface area (Å²) in [5.41, 5.74) is 0. The molecule has 1 nitrogen and oxygen atoms in total. The van der Waals surface area contributed by atoms with E-state index in [1.54, 1.807) is 0 Å². The summed E-state index contributed by atoms with van der Waals surface area (Å²) < 4.78 is 0. The van der Waals surface area contributed by atoms with Crippen molar-refractivity contribution in [1.29, 1.82) is 0 Å². The van der Waals surface area contributed by atoms with Crippen LogP contribution in [0, 0.1) is 6.92 Å². The minimum absolute atomic E-state index is 0. The van der Waals surface area contributed by atoms with Crippen LogP contribution in [0.5, 0.6) is 0 Å². The molecule has 1 atom stereocenters. The van der Waals surface area contributed by atoms with Gasteiger partial charge in [-0.1, -0.05) is 6.42 Å². The molecule has 10 heavy (non-hydrogen) atoms. The normalized spacial score (nSPS) is 27.6. The predicted octanol–water partition coefficient (Wildman–Crippen LogP) is 1.05. The molecule has 0 aromatic rings. The van der Waals surface area contributed by atoms with Crippen LogP contribution in [0.3, 0.4) is 0 Å². The van der Waals surface area contributed by atoms with Crippen LogP contribution >= 0.6 is 0 Å². The van der Waals surface area contributed by atoms with Crippen molar-refractivity contribution in [2.24, 2.45) is 0 Å². The molecule has 1 saturated heterocycles. The van der Waals surface area contributed by atoms with Crippen LogP contribution in [0.15, 0.2) is 0 Å². The standard InChI is InChI=1S/C8H16N.Li.H/c1-3-9-7-5-4-6-8(9)2;;/h8H,1,3-7H2,2H3;;. The molecule has 0 aromatic carbocycles. The third-order valence-electron chi connectivity index (χ3n) is 2.23. The summed E-state index contributed by atoms with van der Waals surface area (Å²) in [6.07, 6.45) is 4.16. The number of likely N-dealkylation sites (tertiary alicyclic amines) is 1. The Morgan fingerprint density at radius 1 is 1.50 bits per heavy atom. The maximum absolute atomic E-state index is 3.89. The van der Waals surface area contributed by atoms with Crippen molar-refractivity contribution in [3.63, 3.8) is 0 Å². The van der Waals surface area contributed by atoms with E-state index in [-0.39, 0.29) is 18.9 Å². The maximum atomic E-state index is 3.89. The second kappa shape index (κ2) is 5.24. The average molecular weight is 134 g/mol. The Morgan fingerprint density at radius 3 is 2.60 bits per heavy atom. The molecule has 0 amide bonds. The van der Waals surface area contributed by atoms with E-state index in [9.17, 15) is 0 Å². The van der Waals surface area contributed by atoms with E-state index < -0.39 is 0 Å². The zero-order valence-corrected chi connectivity index (χ0v) is 6.27. The first-order valence-corrected chi connectivity index (χ1v) is 3.88. The van der Waals surface area contributed by atoms with Gasteiger partial charge in [0, 0.05) is 6.04 Å². The summed E-state index contributed by atoms with van der Waals surface area (Å²) >= 11 is 0. The summed E-state index contributed by atoms with van der Waals surface area (Å²) in [6.45, 7) is 8.44. The van der Waals surface area contributed by atoms with Gasteiger partial charge in [0.1, 0.15) is 0 Å². The van der Waals surface area contributed by atoms with E-state index >= 15 is 0 Å². The number of hydrogen-bond donors (Lipinski definition) is 0. The van der Waals surface area contributed by atoms with Gasteiger partial charge in [-0.2, -0.15) is 0 Å². The van der Waals surface area contributed by atoms with E-state index in [0.717, 1.165) is 12.6 Å². The first kappa shape index (κ1) is 10.6. The minimum atomic E-state index is 0. The van der Waals surface area contributed by atoms with Gasteiger partial charge in [-0.05, 0) is 39.8 Å². The van der Waals surface area contributed by atoms with Gasteiger partial charge in [0.15, 0.2) is 0 Å². The van der Waals surface area contributed by atoms with Gasteiger partial charge < -0.3 is 4.90 Å². The van der Waals surface area contributed by atoms with Crippen molar-refractivity contribution in [1.82, 2.24) is 4.90 Å². The second-order valence-corrected chi connectivity index (χ2v) is 2.88. The number of nitrogens with zero attached hydrogens (tertiary/aromatic N) is 1. The predicted molar refractivity (Wildman–Crippen MR) is 47.4 cm³/mol. The van der Waals surface area contributed by atoms with Crippen LogP contribution in [0.25, 0.3) is 0 Å². The Hall–Kier alpha value is 0.557. The van der Waals surface area contributed by atoms with Gasteiger partial charge in [-0.25, -0.2) is 0 Å². The third kappa shape index (κ3) is 2.66. The first-order chi connectivity index (χ1) is 4.34. The summed E-state index contributed by atoms with van der Waals surface area (Å²) in [6, 6.07) is 0.788. The quantitative estimate of drug-likeness (QED) is 0.484. The molecule has 0 spiro atoms. The Kier molecular flexibility index (Phi) is 5.53. The van der Waals surface area contributed by atoms with Crippen molar-refractivity contribution in [2.45, 2.75) is 32.2 Å². The fraction of sp³-hybridized carbons (Fsp3) is 0.875. The molecule has 1 aliphatic heterocycles. The van der Waals surface area contributed by atoms with Crippen molar-refractivity contribution in [2.75, 3.05) is 13.1 Å². The van der Waals surface area contributed by atoms with Crippen LogP contribution in [0.2, 0.25) is 0 Å². The molecule has 1 radical (unpaired) electrons. The summed E-state index contributed by atoms with van der Waals surface area (Å²) in [5, 5.41) is 0. The molecule has 2 heteroatoms. The molecule has 0 N–H and O–H groups in total. The Balaban J connectivity index is 0.000000810. The van der Waals surface area contributed by atoms with Gasteiger partial charge >= 0.3 is 18.9 Å². The van der Waals surface area contributed by atoms with Crippen LogP contribution in [-0.4, -0.2) is 42.9 Å². The summed E-state index contributed by atoms with van der Waals surface area (Å²) in [5.74, 6) is 0. The van der Waals surface area contributed by atoms with E-state index in [0.29, 0.717) is 0 Å². The Bertz CT molecular complexity index is 85.3. The fourth-order valence-corrected chi connectivity index (χ4v) is 1.49. The Labute approximate surface area is 76.3 Å². The van der Waals surface area contributed by atoms with Gasteiger partial charge in [0.25, 0.3) is 0 Å². The van der Waals surface area contributed by atoms with E-state index in [1.165, 1.54) is 25.8 Å². The van der Waals surface area contributed by atoms with Crippen LogP contribution in [-0.2, 0) is 0 Å². The molecule has 0 bridgehead atoms. The zero-order valence-electron chi connectivity index (χ0n) is 6.27. The number of rotatable bonds is 1. The van der Waals surface area contributed by atoms with Gasteiger partial charge in [0.2, 0.25) is 0 Å². The second-order valence-electron chi connectivity index (χ2n) is 2.88. The topological polar surface area (TPSA) is 3.24 Å². The molecule has 0 aromatic heterocycles. The van der Waals surface area contributed by atoms with E-state index in [2.05, 4.69) is 18.7 Å². The number of hydrogen-bond acceptors (Lipinski definition) is 1. The Morgan fingerprint density at radius 2 is 2.20 bits per heavy atom. The van der Waals surface area contributed by atoms with Gasteiger partial charge in [0.05, 0.1) is 0 Å². The molecule has 1 aliphatic rings. The van der Waals surface area contributed by atoms with Gasteiger partial charge in [-0.3, -0.25) is 0 Å². The molecular weight excluding hydrogens is 117 g/mol. The first-order valence-electron chi connectivity index (χ1n) is 3.88. The van der Waals surface area contributed by atoms with Crippen LogP contribution in [0.4, 0.5) is 0 Å². The zero-order chi connectivity index (χ0) is 6.69. The molecule has 1 fully saturated rings. The average Bonchev–Trinajstić information content (AvgIpc) is 1.89. The summed E-state index contributed by atoms with van der Waals surface area (Å²) in [7, 11) is 0. The SMILES string of the molecule is [CH2]CN1CCCCC1C.[LiH]. The molecule has 1 rings (SSSR count). The van der Waals surface area contributed by atoms with Crippen molar-refractivity contribution in [3.05, 3.63) is 6.92 Å². The molecular formula is C8H17LiN. The van der Waals surface area contributed by atoms with Crippen LogP contribution < -0.4 is 0 Å². The van der Waals surface area contributed by atoms with Crippen molar-refractivity contribution >= 4 is 18.9 Å². The van der Waals surface area contributed by atoms with E-state index in [1.807, 2.05) is 0 Å². The monoisotopic (exact) mass is 134 g/mol. The molecule has 1 unspecified atom stereocenters.